The van der Waals surface area contributed by atoms with E-state index in [1.807, 2.05) is 6.07 Å². The highest BCUT2D eigenvalue weighted by Gasteiger charge is 2.40. The average molecular weight is 713 g/mol. The van der Waals surface area contributed by atoms with Crippen molar-refractivity contribution in [1.29, 1.82) is 0 Å². The van der Waals surface area contributed by atoms with Gasteiger partial charge in [0.2, 0.25) is 0 Å². The summed E-state index contributed by atoms with van der Waals surface area (Å²) in [5.41, 5.74) is 14.5. The monoisotopic (exact) mass is 712 g/mol. The fourth-order valence-electron chi connectivity index (χ4n) is 10.3. The minimum absolute atomic E-state index is 0.182. The summed E-state index contributed by atoms with van der Waals surface area (Å²) < 4.78 is 6.52. The molecule has 0 bridgehead atoms. The van der Waals surface area contributed by atoms with Crippen molar-refractivity contribution in [3.05, 3.63) is 193 Å². The van der Waals surface area contributed by atoms with Crippen LogP contribution in [0, 0.1) is 0 Å². The molecule has 0 saturated heterocycles. The molecule has 10 aromatic carbocycles. The average Bonchev–Trinajstić information content (AvgIpc) is 3.75. The summed E-state index contributed by atoms with van der Waals surface area (Å²) in [6, 6.07) is 67.0. The van der Waals surface area contributed by atoms with E-state index in [-0.39, 0.29) is 5.41 Å². The first-order valence-electron chi connectivity index (χ1n) is 19.6. The molecule has 0 amide bonds. The molecule has 0 saturated carbocycles. The van der Waals surface area contributed by atoms with Gasteiger partial charge in [0.25, 0.3) is 0 Å². The van der Waals surface area contributed by atoms with E-state index in [4.69, 9.17) is 4.42 Å². The van der Waals surface area contributed by atoms with Crippen LogP contribution in [0.5, 0.6) is 0 Å². The van der Waals surface area contributed by atoms with E-state index in [0.717, 1.165) is 33.1 Å². The molecule has 0 radical (unpaired) electrons. The van der Waals surface area contributed by atoms with Crippen molar-refractivity contribution in [2.45, 2.75) is 19.3 Å². The van der Waals surface area contributed by atoms with Crippen LogP contribution < -0.4 is 0 Å². The molecule has 0 unspecified atom stereocenters. The van der Waals surface area contributed by atoms with Gasteiger partial charge in [-0.2, -0.15) is 0 Å². The molecule has 1 nitrogen and oxygen atoms in total. The molecule has 0 fully saturated rings. The number of rotatable bonds is 3. The number of para-hydroxylation sites is 2. The van der Waals surface area contributed by atoms with Crippen LogP contribution in [0.15, 0.2) is 186 Å². The lowest BCUT2D eigenvalue weighted by molar-refractivity contribution is 0.666. The standard InChI is InChI=1S/C55H36O/c1-55(2)47-30-15-29-46(51(47)52-39-21-5-3-18-36(39)37-19-4-10-26-44(37)53(52)55)50-42-24-8-6-22-40(42)49(41-23-7-9-25-43(41)50)34-17-13-16-33(32-34)35-27-14-28-45-38-20-11-12-31-48(38)56-54(35)45/h3-32H,1-2H3. The van der Waals surface area contributed by atoms with Crippen LogP contribution in [0.25, 0.3) is 110 Å². The maximum Gasteiger partial charge on any atom is 0.143 e. The van der Waals surface area contributed by atoms with Gasteiger partial charge in [0.15, 0.2) is 0 Å². The van der Waals surface area contributed by atoms with E-state index in [1.165, 1.54) is 87.6 Å². The first kappa shape index (κ1) is 31.4. The van der Waals surface area contributed by atoms with Gasteiger partial charge in [-0.05, 0) is 105 Å². The Morgan fingerprint density at radius 3 is 1.52 bits per heavy atom. The molecule has 0 N–H and O–H groups in total. The number of benzene rings is 10. The molecular weight excluding hydrogens is 677 g/mol. The molecule has 1 aliphatic carbocycles. The second kappa shape index (κ2) is 11.5. The molecule has 0 aliphatic heterocycles. The second-order valence-electron chi connectivity index (χ2n) is 15.9. The maximum atomic E-state index is 6.52. The van der Waals surface area contributed by atoms with Crippen molar-refractivity contribution in [3.63, 3.8) is 0 Å². The third-order valence-corrected chi connectivity index (χ3v) is 12.6. The van der Waals surface area contributed by atoms with Crippen LogP contribution >= 0.6 is 0 Å². The highest BCUT2D eigenvalue weighted by Crippen LogP contribution is 2.58. The van der Waals surface area contributed by atoms with E-state index in [1.54, 1.807) is 0 Å². The van der Waals surface area contributed by atoms with Gasteiger partial charge < -0.3 is 4.42 Å². The van der Waals surface area contributed by atoms with Gasteiger partial charge in [-0.3, -0.25) is 0 Å². The van der Waals surface area contributed by atoms with E-state index < -0.39 is 0 Å². The molecule has 0 spiro atoms. The molecule has 11 aromatic rings. The van der Waals surface area contributed by atoms with Gasteiger partial charge in [-0.15, -0.1) is 0 Å². The molecule has 56 heavy (non-hydrogen) atoms. The minimum Gasteiger partial charge on any atom is -0.455 e. The largest absolute Gasteiger partial charge is 0.455 e. The van der Waals surface area contributed by atoms with Crippen LogP contribution in [0.1, 0.15) is 25.0 Å². The Morgan fingerprint density at radius 1 is 0.339 bits per heavy atom. The summed E-state index contributed by atoms with van der Waals surface area (Å²) >= 11 is 0. The molecule has 0 atom stereocenters. The Bertz CT molecular complexity index is 3390. The fourth-order valence-corrected chi connectivity index (χ4v) is 10.3. The third kappa shape index (κ3) is 4.20. The summed E-state index contributed by atoms with van der Waals surface area (Å²) in [6.45, 7) is 4.83. The van der Waals surface area contributed by atoms with Crippen LogP contribution in [0.3, 0.4) is 0 Å². The van der Waals surface area contributed by atoms with Crippen molar-refractivity contribution in [2.75, 3.05) is 0 Å². The van der Waals surface area contributed by atoms with E-state index in [2.05, 4.69) is 190 Å². The van der Waals surface area contributed by atoms with Crippen molar-refractivity contribution >= 4 is 65.0 Å². The Balaban J connectivity index is 1.15. The predicted molar refractivity (Wildman–Crippen MR) is 238 cm³/mol. The zero-order valence-electron chi connectivity index (χ0n) is 31.2. The molecule has 1 heteroatoms. The van der Waals surface area contributed by atoms with Crippen molar-refractivity contribution in [3.8, 4) is 44.5 Å². The highest BCUT2D eigenvalue weighted by molar-refractivity contribution is 6.25. The van der Waals surface area contributed by atoms with Gasteiger partial charge in [0.1, 0.15) is 11.2 Å². The van der Waals surface area contributed by atoms with Gasteiger partial charge in [-0.25, -0.2) is 0 Å². The maximum absolute atomic E-state index is 6.52. The van der Waals surface area contributed by atoms with Gasteiger partial charge in [-0.1, -0.05) is 184 Å². The quantitative estimate of drug-likeness (QED) is 0.131. The summed E-state index contributed by atoms with van der Waals surface area (Å²) in [6.07, 6.45) is 0. The fraction of sp³-hybridized carbons (Fsp3) is 0.0545. The van der Waals surface area contributed by atoms with E-state index in [9.17, 15) is 0 Å². The number of hydrogen-bond acceptors (Lipinski definition) is 1. The Kier molecular flexibility index (Phi) is 6.46. The zero-order chi connectivity index (χ0) is 37.1. The second-order valence-corrected chi connectivity index (χ2v) is 15.9. The number of fused-ring (bicyclic) bond motifs is 13. The number of hydrogen-bond donors (Lipinski definition) is 0. The minimum atomic E-state index is -0.182. The summed E-state index contributed by atoms with van der Waals surface area (Å²) in [5, 5.41) is 12.6. The summed E-state index contributed by atoms with van der Waals surface area (Å²) in [4.78, 5) is 0. The van der Waals surface area contributed by atoms with E-state index >= 15 is 0 Å². The lowest BCUT2D eigenvalue weighted by Crippen LogP contribution is -2.15. The molecule has 1 heterocycles. The summed E-state index contributed by atoms with van der Waals surface area (Å²) in [5.74, 6) is 0. The van der Waals surface area contributed by atoms with Gasteiger partial charge >= 0.3 is 0 Å². The molecular formula is C55H36O. The molecule has 1 aliphatic rings. The number of furan rings is 1. The summed E-state index contributed by atoms with van der Waals surface area (Å²) in [7, 11) is 0. The zero-order valence-corrected chi connectivity index (χ0v) is 31.2. The van der Waals surface area contributed by atoms with Gasteiger partial charge in [0, 0.05) is 21.8 Å². The Hall–Kier alpha value is -6.96. The molecule has 262 valence electrons. The van der Waals surface area contributed by atoms with Crippen LogP contribution in [0.2, 0.25) is 0 Å². The van der Waals surface area contributed by atoms with Crippen molar-refractivity contribution in [2.24, 2.45) is 0 Å². The lowest BCUT2D eigenvalue weighted by Gasteiger charge is -2.24. The Labute approximate surface area is 325 Å². The SMILES string of the molecule is CC1(C)c2cccc(-c3c4ccccc4c(-c4cccc(-c5cccc6c5oc5ccccc56)c4)c4ccccc34)c2-c2c1c1ccccc1c1ccccc21. The molecule has 12 rings (SSSR count). The van der Waals surface area contributed by atoms with Crippen LogP contribution in [-0.2, 0) is 5.41 Å². The first-order chi connectivity index (χ1) is 27.6. The van der Waals surface area contributed by atoms with E-state index in [0.29, 0.717) is 0 Å². The highest BCUT2D eigenvalue weighted by atomic mass is 16.3. The lowest BCUT2D eigenvalue weighted by atomic mass is 9.79. The molecule has 1 aromatic heterocycles. The van der Waals surface area contributed by atoms with Crippen LogP contribution in [0.4, 0.5) is 0 Å². The predicted octanol–water partition coefficient (Wildman–Crippen LogP) is 15.5. The first-order valence-corrected chi connectivity index (χ1v) is 19.6. The van der Waals surface area contributed by atoms with Gasteiger partial charge in [0.05, 0.1) is 0 Å². The Morgan fingerprint density at radius 2 is 0.821 bits per heavy atom. The van der Waals surface area contributed by atoms with Crippen LogP contribution in [-0.4, -0.2) is 0 Å². The topological polar surface area (TPSA) is 13.1 Å². The van der Waals surface area contributed by atoms with Crippen molar-refractivity contribution in [1.82, 2.24) is 0 Å². The van der Waals surface area contributed by atoms with Crippen molar-refractivity contribution < 1.29 is 4.42 Å². The smallest absolute Gasteiger partial charge is 0.143 e. The third-order valence-electron chi connectivity index (χ3n) is 12.6. The normalized spacial score (nSPS) is 13.3.